The molecule has 1 heterocycles. The SMILES string of the molecule is CC(C)NC(=O)COc1cnn(C(C)C)c1. The normalized spacial score (nSPS) is 10.9. The summed E-state index contributed by atoms with van der Waals surface area (Å²) in [7, 11) is 0. The maximum atomic E-state index is 11.3. The highest BCUT2D eigenvalue weighted by Crippen LogP contribution is 2.11. The van der Waals surface area contributed by atoms with Gasteiger partial charge in [-0.3, -0.25) is 9.48 Å². The molecule has 0 saturated heterocycles. The van der Waals surface area contributed by atoms with Crippen molar-refractivity contribution >= 4 is 5.91 Å². The first-order valence-corrected chi connectivity index (χ1v) is 5.45. The van der Waals surface area contributed by atoms with Gasteiger partial charge in [0.15, 0.2) is 12.4 Å². The van der Waals surface area contributed by atoms with Gasteiger partial charge in [-0.25, -0.2) is 0 Å². The molecule has 5 heteroatoms. The fraction of sp³-hybridized carbons (Fsp3) is 0.636. The Bertz CT molecular complexity index is 345. The number of aromatic nitrogens is 2. The molecule has 5 nitrogen and oxygen atoms in total. The molecule has 90 valence electrons. The van der Waals surface area contributed by atoms with Gasteiger partial charge >= 0.3 is 0 Å². The molecule has 0 aliphatic rings. The van der Waals surface area contributed by atoms with Crippen LogP contribution in [0.2, 0.25) is 0 Å². The zero-order chi connectivity index (χ0) is 12.1. The molecular formula is C11H19N3O2. The molecule has 0 fully saturated rings. The quantitative estimate of drug-likeness (QED) is 0.823. The van der Waals surface area contributed by atoms with E-state index in [9.17, 15) is 4.79 Å². The second-order valence-corrected chi connectivity index (χ2v) is 4.26. The third-order valence-corrected chi connectivity index (χ3v) is 1.93. The minimum atomic E-state index is -0.118. The summed E-state index contributed by atoms with van der Waals surface area (Å²) < 4.78 is 7.09. The molecule has 16 heavy (non-hydrogen) atoms. The van der Waals surface area contributed by atoms with E-state index in [1.165, 1.54) is 0 Å². The Labute approximate surface area is 95.8 Å². The van der Waals surface area contributed by atoms with Crippen LogP contribution in [0.25, 0.3) is 0 Å². The molecule has 0 aromatic carbocycles. The average molecular weight is 225 g/mol. The number of amides is 1. The van der Waals surface area contributed by atoms with Gasteiger partial charge in [-0.2, -0.15) is 5.10 Å². The van der Waals surface area contributed by atoms with Crippen molar-refractivity contribution in [3.8, 4) is 5.75 Å². The molecule has 0 radical (unpaired) electrons. The van der Waals surface area contributed by atoms with E-state index in [1.54, 1.807) is 17.1 Å². The molecule has 0 atom stereocenters. The Morgan fingerprint density at radius 2 is 2.19 bits per heavy atom. The maximum absolute atomic E-state index is 11.3. The standard InChI is InChI=1S/C11H19N3O2/c1-8(2)13-11(15)7-16-10-5-12-14(6-10)9(3)4/h5-6,8-9H,7H2,1-4H3,(H,13,15). The molecule has 1 amide bonds. The number of nitrogens with one attached hydrogen (secondary N) is 1. The summed E-state index contributed by atoms with van der Waals surface area (Å²) >= 11 is 0. The van der Waals surface area contributed by atoms with E-state index in [1.807, 2.05) is 27.7 Å². The van der Waals surface area contributed by atoms with Crippen LogP contribution >= 0.6 is 0 Å². The van der Waals surface area contributed by atoms with Crippen LogP contribution in [0.15, 0.2) is 12.4 Å². The first-order chi connectivity index (χ1) is 7.49. The van der Waals surface area contributed by atoms with Gasteiger partial charge in [0.2, 0.25) is 0 Å². The van der Waals surface area contributed by atoms with Crippen LogP contribution in [0.1, 0.15) is 33.7 Å². The second kappa shape index (κ2) is 5.53. The van der Waals surface area contributed by atoms with Crippen LogP contribution in [-0.4, -0.2) is 28.3 Å². The lowest BCUT2D eigenvalue weighted by Crippen LogP contribution is -2.34. The van der Waals surface area contributed by atoms with Crippen molar-refractivity contribution in [2.24, 2.45) is 0 Å². The van der Waals surface area contributed by atoms with Gasteiger partial charge in [0.05, 0.1) is 12.4 Å². The number of ether oxygens (including phenoxy) is 1. The third kappa shape index (κ3) is 3.92. The number of hydrogen-bond donors (Lipinski definition) is 1. The molecule has 1 aromatic heterocycles. The molecule has 0 aliphatic carbocycles. The van der Waals surface area contributed by atoms with Crippen molar-refractivity contribution in [3.05, 3.63) is 12.4 Å². The third-order valence-electron chi connectivity index (χ3n) is 1.93. The van der Waals surface area contributed by atoms with Crippen LogP contribution in [0.5, 0.6) is 5.75 Å². The van der Waals surface area contributed by atoms with E-state index in [4.69, 9.17) is 4.74 Å². The molecule has 0 bridgehead atoms. The van der Waals surface area contributed by atoms with Gasteiger partial charge in [0.1, 0.15) is 0 Å². The van der Waals surface area contributed by atoms with Crippen molar-refractivity contribution in [1.29, 1.82) is 0 Å². The highest BCUT2D eigenvalue weighted by molar-refractivity contribution is 5.77. The molecule has 0 aliphatic heterocycles. The number of carbonyl (C=O) groups is 1. The molecule has 0 saturated carbocycles. The van der Waals surface area contributed by atoms with Gasteiger partial charge in [-0.15, -0.1) is 0 Å². The fourth-order valence-corrected chi connectivity index (χ4v) is 1.19. The summed E-state index contributed by atoms with van der Waals surface area (Å²) in [5, 5.41) is 6.87. The van der Waals surface area contributed by atoms with Gasteiger partial charge in [-0.05, 0) is 27.7 Å². The predicted molar refractivity (Wildman–Crippen MR) is 61.4 cm³/mol. The molecule has 0 unspecified atom stereocenters. The summed E-state index contributed by atoms with van der Waals surface area (Å²) in [6.45, 7) is 7.91. The zero-order valence-electron chi connectivity index (χ0n) is 10.2. The Balaban J connectivity index is 2.39. The van der Waals surface area contributed by atoms with Crippen LogP contribution in [-0.2, 0) is 4.79 Å². The monoisotopic (exact) mass is 225 g/mol. The van der Waals surface area contributed by atoms with E-state index in [0.717, 1.165) is 0 Å². The van der Waals surface area contributed by atoms with Gasteiger partial charge < -0.3 is 10.1 Å². The van der Waals surface area contributed by atoms with Gasteiger partial charge in [-0.1, -0.05) is 0 Å². The minimum absolute atomic E-state index is 0.0297. The first-order valence-electron chi connectivity index (χ1n) is 5.45. The lowest BCUT2D eigenvalue weighted by molar-refractivity contribution is -0.123. The second-order valence-electron chi connectivity index (χ2n) is 4.26. The Hall–Kier alpha value is -1.52. The van der Waals surface area contributed by atoms with Crippen LogP contribution < -0.4 is 10.1 Å². The maximum Gasteiger partial charge on any atom is 0.258 e. The molecular weight excluding hydrogens is 206 g/mol. The molecule has 1 N–H and O–H groups in total. The summed E-state index contributed by atoms with van der Waals surface area (Å²) in [5.74, 6) is 0.500. The number of nitrogens with zero attached hydrogens (tertiary/aromatic N) is 2. The Morgan fingerprint density at radius 1 is 1.50 bits per heavy atom. The summed E-state index contributed by atoms with van der Waals surface area (Å²) in [6.07, 6.45) is 3.40. The molecule has 1 aromatic rings. The summed E-state index contributed by atoms with van der Waals surface area (Å²) in [6, 6.07) is 0.427. The highest BCUT2D eigenvalue weighted by atomic mass is 16.5. The zero-order valence-corrected chi connectivity index (χ0v) is 10.2. The Kier molecular flexibility index (Phi) is 4.34. The topological polar surface area (TPSA) is 56.1 Å². The Morgan fingerprint density at radius 3 is 2.69 bits per heavy atom. The first kappa shape index (κ1) is 12.5. The minimum Gasteiger partial charge on any atom is -0.480 e. The van der Waals surface area contributed by atoms with E-state index in [-0.39, 0.29) is 18.6 Å². The van der Waals surface area contributed by atoms with Crippen molar-refractivity contribution in [2.45, 2.75) is 39.8 Å². The summed E-state index contributed by atoms with van der Waals surface area (Å²) in [4.78, 5) is 11.3. The van der Waals surface area contributed by atoms with Crippen LogP contribution in [0.3, 0.4) is 0 Å². The smallest absolute Gasteiger partial charge is 0.258 e. The van der Waals surface area contributed by atoms with Crippen molar-refractivity contribution in [1.82, 2.24) is 15.1 Å². The highest BCUT2D eigenvalue weighted by Gasteiger charge is 2.06. The van der Waals surface area contributed by atoms with Gasteiger partial charge in [0.25, 0.3) is 5.91 Å². The number of rotatable bonds is 5. The van der Waals surface area contributed by atoms with Crippen molar-refractivity contribution in [3.63, 3.8) is 0 Å². The summed E-state index contributed by atoms with van der Waals surface area (Å²) in [5.41, 5.74) is 0. The van der Waals surface area contributed by atoms with E-state index in [2.05, 4.69) is 10.4 Å². The predicted octanol–water partition coefficient (Wildman–Crippen LogP) is 1.37. The fourth-order valence-electron chi connectivity index (χ4n) is 1.19. The molecule has 0 spiro atoms. The number of hydrogen-bond acceptors (Lipinski definition) is 3. The van der Waals surface area contributed by atoms with Crippen molar-refractivity contribution in [2.75, 3.05) is 6.61 Å². The lowest BCUT2D eigenvalue weighted by atomic mass is 10.4. The average Bonchev–Trinajstić information content (AvgIpc) is 2.61. The van der Waals surface area contributed by atoms with Crippen molar-refractivity contribution < 1.29 is 9.53 Å². The number of carbonyl (C=O) groups excluding carboxylic acids is 1. The van der Waals surface area contributed by atoms with Crippen LogP contribution in [0.4, 0.5) is 0 Å². The largest absolute Gasteiger partial charge is 0.480 e. The van der Waals surface area contributed by atoms with E-state index >= 15 is 0 Å². The van der Waals surface area contributed by atoms with Crippen LogP contribution in [0, 0.1) is 0 Å². The van der Waals surface area contributed by atoms with E-state index in [0.29, 0.717) is 11.8 Å². The van der Waals surface area contributed by atoms with E-state index < -0.39 is 0 Å². The lowest BCUT2D eigenvalue weighted by Gasteiger charge is -2.08. The molecule has 1 rings (SSSR count). The van der Waals surface area contributed by atoms with Gasteiger partial charge in [0, 0.05) is 12.1 Å².